The highest BCUT2D eigenvalue weighted by molar-refractivity contribution is 5.92. The van der Waals surface area contributed by atoms with Crippen molar-refractivity contribution in [3.8, 4) is 0 Å². The molecule has 3 aromatic rings. The fraction of sp³-hybridized carbons (Fsp3) is 0.278. The third kappa shape index (κ3) is 1.98. The number of aromatic nitrogens is 2. The highest BCUT2D eigenvalue weighted by Gasteiger charge is 2.21. The Hall–Kier alpha value is -2.36. The van der Waals surface area contributed by atoms with Crippen LogP contribution in [0.3, 0.4) is 0 Å². The summed E-state index contributed by atoms with van der Waals surface area (Å²) in [6.07, 6.45) is 0.967. The molecule has 4 rings (SSSR count). The molecule has 3 nitrogen and oxygen atoms in total. The van der Waals surface area contributed by atoms with E-state index in [1.165, 1.54) is 17.2 Å². The summed E-state index contributed by atoms with van der Waals surface area (Å²) in [7, 11) is 0. The topological polar surface area (TPSA) is 31.9 Å². The van der Waals surface area contributed by atoms with Crippen molar-refractivity contribution in [1.82, 2.24) is 9.97 Å². The standard InChI is InChI=1S/C18H18FN3/c1-11-12(2)20-17-15(11)9-16(19)21-18(17)22-8-7-13-5-3-4-6-14(13)10-22/h3-6,9,20H,7-8,10H2,1-2H3. The first-order chi connectivity index (χ1) is 10.6. The third-order valence-electron chi connectivity index (χ3n) is 4.68. The van der Waals surface area contributed by atoms with E-state index in [0.29, 0.717) is 0 Å². The minimum atomic E-state index is -0.413. The van der Waals surface area contributed by atoms with Crippen molar-refractivity contribution in [3.63, 3.8) is 0 Å². The number of benzene rings is 1. The SMILES string of the molecule is Cc1[nH]c2c(N3CCc4ccccc4C3)nc(F)cc2c1C. The average molecular weight is 295 g/mol. The van der Waals surface area contributed by atoms with Crippen molar-refractivity contribution in [3.05, 3.63) is 58.7 Å². The van der Waals surface area contributed by atoms with Crippen LogP contribution in [-0.4, -0.2) is 16.5 Å². The minimum Gasteiger partial charge on any atom is -0.355 e. The van der Waals surface area contributed by atoms with Crippen LogP contribution in [0.25, 0.3) is 10.9 Å². The van der Waals surface area contributed by atoms with Gasteiger partial charge in [0.2, 0.25) is 5.95 Å². The van der Waals surface area contributed by atoms with Crippen LogP contribution in [0, 0.1) is 19.8 Å². The second kappa shape index (κ2) is 4.83. The number of H-pyrrole nitrogens is 1. The molecule has 1 aromatic carbocycles. The molecule has 0 saturated heterocycles. The van der Waals surface area contributed by atoms with Gasteiger partial charge < -0.3 is 9.88 Å². The van der Waals surface area contributed by atoms with E-state index in [0.717, 1.165) is 47.5 Å². The molecule has 1 N–H and O–H groups in total. The van der Waals surface area contributed by atoms with Gasteiger partial charge >= 0.3 is 0 Å². The monoisotopic (exact) mass is 295 g/mol. The predicted molar refractivity (Wildman–Crippen MR) is 86.7 cm³/mol. The number of nitrogens with zero attached hydrogens (tertiary/aromatic N) is 2. The molecule has 22 heavy (non-hydrogen) atoms. The fourth-order valence-corrected chi connectivity index (χ4v) is 3.31. The molecule has 0 radical (unpaired) electrons. The summed E-state index contributed by atoms with van der Waals surface area (Å²) < 4.78 is 14.0. The lowest BCUT2D eigenvalue weighted by Crippen LogP contribution is -2.31. The highest BCUT2D eigenvalue weighted by atomic mass is 19.1. The third-order valence-corrected chi connectivity index (χ3v) is 4.68. The molecular formula is C18H18FN3. The van der Waals surface area contributed by atoms with Gasteiger partial charge in [-0.2, -0.15) is 4.39 Å². The Bertz CT molecular complexity index is 866. The summed E-state index contributed by atoms with van der Waals surface area (Å²) in [6.45, 7) is 5.67. The van der Waals surface area contributed by atoms with E-state index in [-0.39, 0.29) is 0 Å². The first kappa shape index (κ1) is 13.3. The Morgan fingerprint density at radius 1 is 1.18 bits per heavy atom. The van der Waals surface area contributed by atoms with Crippen molar-refractivity contribution in [1.29, 1.82) is 0 Å². The van der Waals surface area contributed by atoms with Crippen molar-refractivity contribution >= 4 is 16.7 Å². The molecule has 0 atom stereocenters. The molecular weight excluding hydrogens is 277 g/mol. The number of anilines is 1. The molecule has 0 unspecified atom stereocenters. The minimum absolute atomic E-state index is 0.413. The van der Waals surface area contributed by atoms with Crippen LogP contribution >= 0.6 is 0 Å². The number of pyridine rings is 1. The van der Waals surface area contributed by atoms with Gasteiger partial charge in [-0.3, -0.25) is 0 Å². The summed E-state index contributed by atoms with van der Waals surface area (Å²) >= 11 is 0. The van der Waals surface area contributed by atoms with E-state index in [1.807, 2.05) is 13.8 Å². The Kier molecular flexibility index (Phi) is 2.93. The smallest absolute Gasteiger partial charge is 0.215 e. The number of hydrogen-bond acceptors (Lipinski definition) is 2. The molecule has 0 fully saturated rings. The lowest BCUT2D eigenvalue weighted by Gasteiger charge is -2.30. The zero-order valence-corrected chi connectivity index (χ0v) is 12.8. The van der Waals surface area contributed by atoms with Crippen LogP contribution in [0.2, 0.25) is 0 Å². The number of hydrogen-bond donors (Lipinski definition) is 1. The molecule has 112 valence electrons. The van der Waals surface area contributed by atoms with E-state index >= 15 is 0 Å². The number of rotatable bonds is 1. The molecule has 1 aliphatic heterocycles. The molecule has 2 aromatic heterocycles. The maximum Gasteiger partial charge on any atom is 0.215 e. The predicted octanol–water partition coefficient (Wildman–Crippen LogP) is 3.88. The maximum absolute atomic E-state index is 14.0. The molecule has 4 heteroatoms. The summed E-state index contributed by atoms with van der Waals surface area (Å²) in [6, 6.07) is 9.97. The number of aryl methyl sites for hydroxylation is 2. The van der Waals surface area contributed by atoms with Gasteiger partial charge in [0.05, 0.1) is 5.52 Å². The largest absolute Gasteiger partial charge is 0.355 e. The number of nitrogens with one attached hydrogen (secondary N) is 1. The van der Waals surface area contributed by atoms with Crippen LogP contribution in [0.1, 0.15) is 22.4 Å². The lowest BCUT2D eigenvalue weighted by atomic mass is 10.00. The molecule has 1 aliphatic rings. The van der Waals surface area contributed by atoms with E-state index in [4.69, 9.17) is 0 Å². The second-order valence-electron chi connectivity index (χ2n) is 6.01. The van der Waals surface area contributed by atoms with Crippen LogP contribution in [0.5, 0.6) is 0 Å². The van der Waals surface area contributed by atoms with Crippen LogP contribution in [-0.2, 0) is 13.0 Å². The van der Waals surface area contributed by atoms with Gasteiger partial charge in [0.1, 0.15) is 0 Å². The van der Waals surface area contributed by atoms with E-state index in [2.05, 4.69) is 39.1 Å². The van der Waals surface area contributed by atoms with Gasteiger partial charge in [0.25, 0.3) is 0 Å². The Labute approximate surface area is 128 Å². The van der Waals surface area contributed by atoms with Crippen molar-refractivity contribution in [2.24, 2.45) is 0 Å². The van der Waals surface area contributed by atoms with E-state index in [1.54, 1.807) is 0 Å². The number of aromatic amines is 1. The summed E-state index contributed by atoms with van der Waals surface area (Å²) in [5, 5.41) is 0.929. The first-order valence-electron chi connectivity index (χ1n) is 7.60. The highest BCUT2D eigenvalue weighted by Crippen LogP contribution is 2.31. The van der Waals surface area contributed by atoms with Crippen LogP contribution in [0.15, 0.2) is 30.3 Å². The zero-order valence-electron chi connectivity index (χ0n) is 12.8. The quantitative estimate of drug-likeness (QED) is 0.691. The van der Waals surface area contributed by atoms with Gasteiger partial charge in [0, 0.05) is 30.2 Å². The van der Waals surface area contributed by atoms with Gasteiger partial charge in [0.15, 0.2) is 5.82 Å². The van der Waals surface area contributed by atoms with Crippen LogP contribution < -0.4 is 4.90 Å². The Morgan fingerprint density at radius 3 is 2.77 bits per heavy atom. The molecule has 3 heterocycles. The van der Waals surface area contributed by atoms with Gasteiger partial charge in [-0.15, -0.1) is 0 Å². The van der Waals surface area contributed by atoms with E-state index in [9.17, 15) is 4.39 Å². The lowest BCUT2D eigenvalue weighted by molar-refractivity contribution is 0.581. The normalized spacial score (nSPS) is 14.4. The summed E-state index contributed by atoms with van der Waals surface area (Å²) in [5.74, 6) is 0.309. The van der Waals surface area contributed by atoms with Crippen LogP contribution in [0.4, 0.5) is 10.2 Å². The second-order valence-corrected chi connectivity index (χ2v) is 6.01. The average Bonchev–Trinajstić information content (AvgIpc) is 2.81. The molecule has 0 aliphatic carbocycles. The van der Waals surface area contributed by atoms with Gasteiger partial charge in [-0.05, 0) is 37.0 Å². The molecule has 0 amide bonds. The molecule has 0 saturated carbocycles. The number of fused-ring (bicyclic) bond motifs is 2. The maximum atomic E-state index is 14.0. The van der Waals surface area contributed by atoms with E-state index < -0.39 is 5.95 Å². The summed E-state index contributed by atoms with van der Waals surface area (Å²) in [5.41, 5.74) is 5.78. The summed E-state index contributed by atoms with van der Waals surface area (Å²) in [4.78, 5) is 9.72. The number of halogens is 1. The van der Waals surface area contributed by atoms with Crippen molar-refractivity contribution < 1.29 is 4.39 Å². The van der Waals surface area contributed by atoms with Gasteiger partial charge in [-0.25, -0.2) is 4.98 Å². The zero-order chi connectivity index (χ0) is 15.3. The van der Waals surface area contributed by atoms with Gasteiger partial charge in [-0.1, -0.05) is 24.3 Å². The Morgan fingerprint density at radius 2 is 1.95 bits per heavy atom. The Balaban J connectivity index is 1.84. The first-order valence-corrected chi connectivity index (χ1v) is 7.60. The van der Waals surface area contributed by atoms with Crippen molar-refractivity contribution in [2.45, 2.75) is 26.8 Å². The fourth-order valence-electron chi connectivity index (χ4n) is 3.31. The molecule has 0 bridgehead atoms. The van der Waals surface area contributed by atoms with Crippen molar-refractivity contribution in [2.75, 3.05) is 11.4 Å². The molecule has 0 spiro atoms.